The molecule has 1 aromatic rings. The van der Waals surface area contributed by atoms with E-state index in [2.05, 4.69) is 4.98 Å². The highest BCUT2D eigenvalue weighted by atomic mass is 32.1. The van der Waals surface area contributed by atoms with Gasteiger partial charge in [0.05, 0.1) is 4.88 Å². The molecule has 0 aliphatic heterocycles. The first kappa shape index (κ1) is 9.35. The highest BCUT2D eigenvalue weighted by molar-refractivity contribution is 7.13. The van der Waals surface area contributed by atoms with Gasteiger partial charge in [0.15, 0.2) is 6.29 Å². The Labute approximate surface area is 75.4 Å². The van der Waals surface area contributed by atoms with Gasteiger partial charge in [-0.2, -0.15) is 0 Å². The average Bonchev–Trinajstić information content (AvgIpc) is 2.55. The van der Waals surface area contributed by atoms with Gasteiger partial charge in [-0.1, -0.05) is 6.92 Å². The van der Waals surface area contributed by atoms with Crippen LogP contribution in [-0.4, -0.2) is 18.4 Å². The lowest BCUT2D eigenvalue weighted by molar-refractivity contribution is 0.0998. The minimum absolute atomic E-state index is 0.0312. The molecule has 0 saturated heterocycles. The summed E-state index contributed by atoms with van der Waals surface area (Å²) in [4.78, 5) is 15.1. The predicted molar refractivity (Wildman–Crippen MR) is 47.5 cm³/mol. The number of rotatable bonds is 4. The first-order valence-electron chi connectivity index (χ1n) is 3.75. The number of thiazole rings is 1. The molecule has 1 unspecified atom stereocenters. The van der Waals surface area contributed by atoms with Crippen LogP contribution >= 0.6 is 11.3 Å². The number of aldehydes is 1. The summed E-state index contributed by atoms with van der Waals surface area (Å²) in [5, 5.41) is 0.877. The van der Waals surface area contributed by atoms with Gasteiger partial charge in [0.2, 0.25) is 0 Å². The molecule has 0 aromatic carbocycles. The van der Waals surface area contributed by atoms with E-state index in [4.69, 9.17) is 4.74 Å². The topological polar surface area (TPSA) is 39.2 Å². The van der Waals surface area contributed by atoms with Crippen molar-refractivity contribution >= 4 is 17.6 Å². The second kappa shape index (κ2) is 4.33. The molecular weight excluding hydrogens is 174 g/mol. The number of methoxy groups -OCH3 is 1. The lowest BCUT2D eigenvalue weighted by atomic mass is 10.3. The van der Waals surface area contributed by atoms with Crippen LogP contribution in [0, 0.1) is 0 Å². The molecular formula is C8H11NO2S. The lowest BCUT2D eigenvalue weighted by Crippen LogP contribution is -1.97. The Morgan fingerprint density at radius 1 is 1.83 bits per heavy atom. The minimum atomic E-state index is 0.0312. The van der Waals surface area contributed by atoms with E-state index < -0.39 is 0 Å². The molecule has 4 heteroatoms. The molecule has 0 amide bonds. The lowest BCUT2D eigenvalue weighted by Gasteiger charge is -2.07. The third kappa shape index (κ3) is 1.89. The maximum absolute atomic E-state index is 10.3. The van der Waals surface area contributed by atoms with E-state index >= 15 is 0 Å². The van der Waals surface area contributed by atoms with E-state index in [0.717, 1.165) is 17.7 Å². The largest absolute Gasteiger partial charge is 0.374 e. The molecule has 1 heterocycles. The first-order chi connectivity index (χ1) is 5.81. The molecule has 0 radical (unpaired) electrons. The van der Waals surface area contributed by atoms with E-state index in [0.29, 0.717) is 4.88 Å². The third-order valence-electron chi connectivity index (χ3n) is 1.59. The molecule has 0 aliphatic rings. The molecule has 0 fully saturated rings. The number of carbonyl (C=O) groups is 1. The van der Waals surface area contributed by atoms with Crippen molar-refractivity contribution in [3.05, 3.63) is 16.1 Å². The Morgan fingerprint density at radius 3 is 3.00 bits per heavy atom. The molecule has 3 nitrogen and oxygen atoms in total. The van der Waals surface area contributed by atoms with E-state index in [9.17, 15) is 4.79 Å². The van der Waals surface area contributed by atoms with Crippen LogP contribution in [0.4, 0.5) is 0 Å². The summed E-state index contributed by atoms with van der Waals surface area (Å²) in [6, 6.07) is 0. The third-order valence-corrected chi connectivity index (χ3v) is 2.60. The van der Waals surface area contributed by atoms with Crippen LogP contribution in [0.15, 0.2) is 6.20 Å². The quantitative estimate of drug-likeness (QED) is 0.674. The van der Waals surface area contributed by atoms with Gasteiger partial charge in [0.25, 0.3) is 0 Å². The van der Waals surface area contributed by atoms with Gasteiger partial charge in [-0.15, -0.1) is 11.3 Å². The Kier molecular flexibility index (Phi) is 3.37. The van der Waals surface area contributed by atoms with Gasteiger partial charge >= 0.3 is 0 Å². The summed E-state index contributed by atoms with van der Waals surface area (Å²) in [6.07, 6.45) is 3.30. The van der Waals surface area contributed by atoms with Crippen LogP contribution in [0.5, 0.6) is 0 Å². The fourth-order valence-corrected chi connectivity index (χ4v) is 1.84. The number of ether oxygens (including phenoxy) is 1. The maximum atomic E-state index is 10.3. The molecule has 0 spiro atoms. The standard InChI is InChI=1S/C8H11NO2S/c1-3-7(11-2)8-9-4-6(5-10)12-8/h4-5,7H,3H2,1-2H3. The second-order valence-corrected chi connectivity index (χ2v) is 3.45. The number of hydrogen-bond donors (Lipinski definition) is 0. The van der Waals surface area contributed by atoms with Gasteiger partial charge in [-0.25, -0.2) is 4.98 Å². The van der Waals surface area contributed by atoms with E-state index in [1.54, 1.807) is 13.3 Å². The summed E-state index contributed by atoms with van der Waals surface area (Å²) in [5.74, 6) is 0. The highest BCUT2D eigenvalue weighted by Gasteiger charge is 2.11. The first-order valence-corrected chi connectivity index (χ1v) is 4.57. The maximum Gasteiger partial charge on any atom is 0.161 e. The van der Waals surface area contributed by atoms with Crippen LogP contribution in [0.1, 0.15) is 34.1 Å². The van der Waals surface area contributed by atoms with Gasteiger partial charge in [0.1, 0.15) is 11.1 Å². The SMILES string of the molecule is CCC(OC)c1ncc(C=O)s1. The van der Waals surface area contributed by atoms with Crippen molar-refractivity contribution in [1.29, 1.82) is 0 Å². The highest BCUT2D eigenvalue weighted by Crippen LogP contribution is 2.23. The van der Waals surface area contributed by atoms with E-state index in [1.165, 1.54) is 11.3 Å². The molecule has 1 aromatic heterocycles. The van der Waals surface area contributed by atoms with Crippen LogP contribution in [0.2, 0.25) is 0 Å². The molecule has 0 N–H and O–H groups in total. The molecule has 66 valence electrons. The monoisotopic (exact) mass is 185 g/mol. The number of hydrogen-bond acceptors (Lipinski definition) is 4. The summed E-state index contributed by atoms with van der Waals surface area (Å²) < 4.78 is 5.18. The van der Waals surface area contributed by atoms with Crippen LogP contribution in [0.3, 0.4) is 0 Å². The summed E-state index contributed by atoms with van der Waals surface area (Å²) in [7, 11) is 1.65. The number of carbonyl (C=O) groups excluding carboxylic acids is 1. The van der Waals surface area contributed by atoms with Crippen molar-refractivity contribution in [1.82, 2.24) is 4.98 Å². The Morgan fingerprint density at radius 2 is 2.58 bits per heavy atom. The molecule has 1 atom stereocenters. The summed E-state index contributed by atoms with van der Waals surface area (Å²) in [6.45, 7) is 2.02. The number of aromatic nitrogens is 1. The summed E-state index contributed by atoms with van der Waals surface area (Å²) in [5.41, 5.74) is 0. The van der Waals surface area contributed by atoms with Gasteiger partial charge in [-0.3, -0.25) is 4.79 Å². The van der Waals surface area contributed by atoms with Crippen molar-refractivity contribution in [3.8, 4) is 0 Å². The number of nitrogens with zero attached hydrogens (tertiary/aromatic N) is 1. The zero-order valence-corrected chi connectivity index (χ0v) is 7.93. The Hall–Kier alpha value is -0.740. The van der Waals surface area contributed by atoms with Gasteiger partial charge < -0.3 is 4.74 Å². The second-order valence-electron chi connectivity index (χ2n) is 2.35. The normalized spacial score (nSPS) is 12.8. The van der Waals surface area contributed by atoms with Crippen LogP contribution in [-0.2, 0) is 4.74 Å². The zero-order valence-electron chi connectivity index (χ0n) is 7.11. The Bertz CT molecular complexity index is 255. The van der Waals surface area contributed by atoms with E-state index in [1.807, 2.05) is 6.92 Å². The van der Waals surface area contributed by atoms with Crippen molar-refractivity contribution in [2.45, 2.75) is 19.4 Å². The average molecular weight is 185 g/mol. The van der Waals surface area contributed by atoms with Crippen molar-refractivity contribution < 1.29 is 9.53 Å². The van der Waals surface area contributed by atoms with Crippen molar-refractivity contribution in [3.63, 3.8) is 0 Å². The molecule has 0 aliphatic carbocycles. The predicted octanol–water partition coefficient (Wildman–Crippen LogP) is 2.05. The smallest absolute Gasteiger partial charge is 0.161 e. The van der Waals surface area contributed by atoms with Crippen molar-refractivity contribution in [2.75, 3.05) is 7.11 Å². The van der Waals surface area contributed by atoms with Gasteiger partial charge in [0, 0.05) is 13.3 Å². The van der Waals surface area contributed by atoms with Crippen LogP contribution in [0.25, 0.3) is 0 Å². The van der Waals surface area contributed by atoms with Gasteiger partial charge in [-0.05, 0) is 6.42 Å². The molecule has 1 rings (SSSR count). The van der Waals surface area contributed by atoms with Crippen LogP contribution < -0.4 is 0 Å². The summed E-state index contributed by atoms with van der Waals surface area (Å²) >= 11 is 1.39. The molecule has 0 saturated carbocycles. The zero-order chi connectivity index (χ0) is 8.97. The molecule has 12 heavy (non-hydrogen) atoms. The molecule has 0 bridgehead atoms. The fourth-order valence-electron chi connectivity index (χ4n) is 0.946. The minimum Gasteiger partial charge on any atom is -0.374 e. The fraction of sp³-hybridized carbons (Fsp3) is 0.500. The van der Waals surface area contributed by atoms with Crippen molar-refractivity contribution in [2.24, 2.45) is 0 Å². The van der Waals surface area contributed by atoms with E-state index in [-0.39, 0.29) is 6.10 Å². The Balaban J connectivity index is 2.79.